The summed E-state index contributed by atoms with van der Waals surface area (Å²) in [6.07, 6.45) is 4.56. The molecule has 1 saturated carbocycles. The van der Waals surface area contributed by atoms with E-state index >= 15 is 0 Å². The summed E-state index contributed by atoms with van der Waals surface area (Å²) < 4.78 is 0. The number of hydrazine groups is 1. The highest BCUT2D eigenvalue weighted by Gasteiger charge is 2.45. The molecule has 0 amide bonds. The van der Waals surface area contributed by atoms with Crippen LogP contribution in [0.25, 0.3) is 0 Å². The van der Waals surface area contributed by atoms with Crippen molar-refractivity contribution in [2.24, 2.45) is 29.3 Å². The Labute approximate surface area is 79.5 Å². The van der Waals surface area contributed by atoms with Gasteiger partial charge in [0.15, 0.2) is 0 Å². The Morgan fingerprint density at radius 2 is 1.85 bits per heavy atom. The highest BCUT2D eigenvalue weighted by Crippen LogP contribution is 2.52. The molecule has 0 radical (unpaired) electrons. The Morgan fingerprint density at radius 1 is 1.23 bits per heavy atom. The number of nitrogens with two attached hydrogens (primary N) is 2. The summed E-state index contributed by atoms with van der Waals surface area (Å²) in [5.41, 5.74) is 10.7. The van der Waals surface area contributed by atoms with Crippen molar-refractivity contribution in [1.82, 2.24) is 5.43 Å². The van der Waals surface area contributed by atoms with E-state index in [4.69, 9.17) is 11.6 Å². The molecule has 2 aliphatic carbocycles. The van der Waals surface area contributed by atoms with E-state index in [1.807, 2.05) is 0 Å². The third-order valence-corrected chi connectivity index (χ3v) is 3.80. The van der Waals surface area contributed by atoms with Crippen molar-refractivity contribution < 1.29 is 0 Å². The van der Waals surface area contributed by atoms with Gasteiger partial charge < -0.3 is 11.2 Å². The lowest BCUT2D eigenvalue weighted by molar-refractivity contribution is 0.561. The van der Waals surface area contributed by atoms with Gasteiger partial charge in [0, 0.05) is 11.4 Å². The third kappa shape index (κ3) is 1.53. The van der Waals surface area contributed by atoms with Gasteiger partial charge in [0.05, 0.1) is 0 Å². The van der Waals surface area contributed by atoms with Gasteiger partial charge in [-0.25, -0.2) is 0 Å². The van der Waals surface area contributed by atoms with Crippen molar-refractivity contribution in [3.05, 3.63) is 11.4 Å². The van der Waals surface area contributed by atoms with Crippen LogP contribution in [0.3, 0.4) is 0 Å². The lowest BCUT2D eigenvalue weighted by Gasteiger charge is -2.13. The van der Waals surface area contributed by atoms with Gasteiger partial charge in [-0.2, -0.15) is 0 Å². The summed E-state index contributed by atoms with van der Waals surface area (Å²) in [5, 5.41) is 0. The first-order valence-corrected chi connectivity index (χ1v) is 5.18. The molecule has 74 valence electrons. The molecule has 0 aromatic carbocycles. The number of hydrogen-bond donors (Lipinski definition) is 3. The first-order valence-electron chi connectivity index (χ1n) is 5.18. The average molecular weight is 181 g/mol. The van der Waals surface area contributed by atoms with Gasteiger partial charge in [-0.1, -0.05) is 6.92 Å². The largest absolute Gasteiger partial charge is 0.401 e. The molecule has 3 unspecified atom stereocenters. The zero-order chi connectivity index (χ0) is 9.42. The molecular formula is C10H19N3. The maximum Gasteiger partial charge on any atom is 0.0446 e. The Bertz CT molecular complexity index is 234. The molecule has 5 N–H and O–H groups in total. The van der Waals surface area contributed by atoms with E-state index < -0.39 is 0 Å². The zero-order valence-electron chi connectivity index (χ0n) is 8.22. The predicted molar refractivity (Wildman–Crippen MR) is 53.1 cm³/mol. The molecular weight excluding hydrogens is 162 g/mol. The maximum atomic E-state index is 5.92. The van der Waals surface area contributed by atoms with Crippen LogP contribution in [0.1, 0.15) is 32.6 Å². The highest BCUT2D eigenvalue weighted by molar-refractivity contribution is 5.12. The fourth-order valence-electron chi connectivity index (χ4n) is 2.70. The summed E-state index contributed by atoms with van der Waals surface area (Å²) in [6.45, 7) is 2.35. The fourth-order valence-corrected chi connectivity index (χ4v) is 2.70. The fraction of sp³-hybridized carbons (Fsp3) is 0.800. The summed E-state index contributed by atoms with van der Waals surface area (Å²) in [7, 11) is 0. The van der Waals surface area contributed by atoms with Crippen LogP contribution < -0.4 is 17.0 Å². The number of allylic oxidation sites excluding steroid dienone is 2. The van der Waals surface area contributed by atoms with Gasteiger partial charge in [-0.05, 0) is 43.4 Å². The first-order chi connectivity index (χ1) is 6.24. The normalized spacial score (nSPS) is 44.6. The van der Waals surface area contributed by atoms with Crippen LogP contribution in [0, 0.1) is 17.8 Å². The van der Waals surface area contributed by atoms with E-state index in [9.17, 15) is 0 Å². The topological polar surface area (TPSA) is 64.1 Å². The van der Waals surface area contributed by atoms with Crippen molar-refractivity contribution in [2.75, 3.05) is 0 Å². The Balaban J connectivity index is 2.03. The van der Waals surface area contributed by atoms with Gasteiger partial charge in [0.25, 0.3) is 0 Å². The molecule has 2 aliphatic rings. The molecule has 0 aliphatic heterocycles. The number of nitrogens with one attached hydrogen (secondary N) is 1. The zero-order valence-corrected chi connectivity index (χ0v) is 8.22. The lowest BCUT2D eigenvalue weighted by Crippen LogP contribution is -2.25. The van der Waals surface area contributed by atoms with Crippen molar-refractivity contribution in [1.29, 1.82) is 0 Å². The van der Waals surface area contributed by atoms with Crippen molar-refractivity contribution in [2.45, 2.75) is 32.6 Å². The molecule has 1 fully saturated rings. The summed E-state index contributed by atoms with van der Waals surface area (Å²) in [5.74, 6) is 8.22. The second-order valence-corrected chi connectivity index (χ2v) is 4.41. The number of rotatable bonds is 1. The summed E-state index contributed by atoms with van der Waals surface area (Å²) >= 11 is 0. The highest BCUT2D eigenvalue weighted by atomic mass is 15.2. The smallest absolute Gasteiger partial charge is 0.0446 e. The van der Waals surface area contributed by atoms with Crippen molar-refractivity contribution in [3.63, 3.8) is 0 Å². The standard InChI is InChI=1S/C10H19N3/c1-6-7-2-4-9(11)10(13-12)5-3-8(6)7/h6-8,13H,2-5,11-12H2,1H3/b10-9-. The maximum absolute atomic E-state index is 5.92. The third-order valence-electron chi connectivity index (χ3n) is 3.80. The summed E-state index contributed by atoms with van der Waals surface area (Å²) in [6, 6.07) is 0. The van der Waals surface area contributed by atoms with E-state index in [-0.39, 0.29) is 0 Å². The Morgan fingerprint density at radius 3 is 2.46 bits per heavy atom. The number of hydrogen-bond acceptors (Lipinski definition) is 3. The molecule has 0 spiro atoms. The van der Waals surface area contributed by atoms with Crippen LogP contribution >= 0.6 is 0 Å². The minimum absolute atomic E-state index is 0.921. The van der Waals surface area contributed by atoms with E-state index in [1.54, 1.807) is 0 Å². The van der Waals surface area contributed by atoms with Crippen LogP contribution in [0.2, 0.25) is 0 Å². The average Bonchev–Trinajstić information content (AvgIpc) is 2.70. The van der Waals surface area contributed by atoms with E-state index in [0.29, 0.717) is 0 Å². The second-order valence-electron chi connectivity index (χ2n) is 4.41. The van der Waals surface area contributed by atoms with Gasteiger partial charge in [-0.15, -0.1) is 0 Å². The first kappa shape index (κ1) is 8.88. The van der Waals surface area contributed by atoms with Gasteiger partial charge >= 0.3 is 0 Å². The molecule has 0 aromatic heterocycles. The lowest BCUT2D eigenvalue weighted by atomic mass is 10.0. The molecule has 2 rings (SSSR count). The van der Waals surface area contributed by atoms with Crippen LogP contribution in [0.15, 0.2) is 11.4 Å². The van der Waals surface area contributed by atoms with Crippen molar-refractivity contribution >= 4 is 0 Å². The van der Waals surface area contributed by atoms with Crippen molar-refractivity contribution in [3.8, 4) is 0 Å². The minimum Gasteiger partial charge on any atom is -0.401 e. The molecule has 0 saturated heterocycles. The predicted octanol–water partition coefficient (Wildman–Crippen LogP) is 1.08. The van der Waals surface area contributed by atoms with Crippen LogP contribution in [0.4, 0.5) is 0 Å². The van der Waals surface area contributed by atoms with E-state index in [1.165, 1.54) is 12.8 Å². The molecule has 0 bridgehead atoms. The van der Waals surface area contributed by atoms with Gasteiger partial charge in [-0.3, -0.25) is 5.84 Å². The molecule has 3 atom stereocenters. The second kappa shape index (κ2) is 3.22. The minimum atomic E-state index is 0.921. The SMILES string of the molecule is CC1C2CC/C(N)=C(/NN)CCC12. The molecule has 0 aromatic rings. The van der Waals surface area contributed by atoms with E-state index in [0.717, 1.165) is 42.0 Å². The van der Waals surface area contributed by atoms with Crippen LogP contribution in [-0.4, -0.2) is 0 Å². The quantitative estimate of drug-likeness (QED) is 0.419. The molecule has 0 heterocycles. The molecule has 3 nitrogen and oxygen atoms in total. The summed E-state index contributed by atoms with van der Waals surface area (Å²) in [4.78, 5) is 0. The Kier molecular flexibility index (Phi) is 2.20. The van der Waals surface area contributed by atoms with Gasteiger partial charge in [0.1, 0.15) is 0 Å². The molecule has 13 heavy (non-hydrogen) atoms. The van der Waals surface area contributed by atoms with Crippen LogP contribution in [0.5, 0.6) is 0 Å². The van der Waals surface area contributed by atoms with Gasteiger partial charge in [0.2, 0.25) is 0 Å². The Hall–Kier alpha value is -0.700. The molecule has 3 heteroatoms. The van der Waals surface area contributed by atoms with Crippen LogP contribution in [-0.2, 0) is 0 Å². The van der Waals surface area contributed by atoms with E-state index in [2.05, 4.69) is 12.3 Å². The number of fused-ring (bicyclic) bond motifs is 1. The monoisotopic (exact) mass is 181 g/mol.